The predicted octanol–water partition coefficient (Wildman–Crippen LogP) is 2.26. The number of rotatable bonds is 5. The van der Waals surface area contributed by atoms with E-state index in [-0.39, 0.29) is 12.6 Å². The second-order valence-corrected chi connectivity index (χ2v) is 4.14. The summed E-state index contributed by atoms with van der Waals surface area (Å²) in [6, 6.07) is 17.1. The van der Waals surface area contributed by atoms with Gasteiger partial charge in [-0.1, -0.05) is 42.5 Å². The first-order valence-corrected chi connectivity index (χ1v) is 5.92. The smallest absolute Gasteiger partial charge is 0.120 e. The summed E-state index contributed by atoms with van der Waals surface area (Å²) in [7, 11) is 0. The van der Waals surface area contributed by atoms with Gasteiger partial charge in [-0.3, -0.25) is 0 Å². The Bertz CT molecular complexity index is 485. The van der Waals surface area contributed by atoms with Crippen LogP contribution in [0.1, 0.15) is 17.2 Å². The molecule has 3 heteroatoms. The van der Waals surface area contributed by atoms with E-state index in [1.165, 1.54) is 0 Å². The molecule has 0 bridgehead atoms. The third kappa shape index (κ3) is 3.32. The average Bonchev–Trinajstić information content (AvgIpc) is 2.45. The molecule has 0 aliphatic heterocycles. The molecule has 3 N–H and O–H groups in total. The molecule has 2 aromatic carbocycles. The van der Waals surface area contributed by atoms with Gasteiger partial charge in [0.05, 0.1) is 12.6 Å². The molecule has 3 nitrogen and oxygen atoms in total. The Balaban J connectivity index is 2.01. The van der Waals surface area contributed by atoms with Crippen molar-refractivity contribution in [2.24, 2.45) is 5.73 Å². The van der Waals surface area contributed by atoms with Gasteiger partial charge in [0.15, 0.2) is 0 Å². The van der Waals surface area contributed by atoms with Crippen LogP contribution in [0.3, 0.4) is 0 Å². The molecule has 0 saturated heterocycles. The fourth-order valence-corrected chi connectivity index (χ4v) is 1.68. The lowest BCUT2D eigenvalue weighted by Crippen LogP contribution is -2.14. The number of aliphatic hydroxyl groups is 1. The van der Waals surface area contributed by atoms with Gasteiger partial charge in [0.1, 0.15) is 12.4 Å². The summed E-state index contributed by atoms with van der Waals surface area (Å²) >= 11 is 0. The van der Waals surface area contributed by atoms with Gasteiger partial charge in [-0.05, 0) is 23.3 Å². The van der Waals surface area contributed by atoms with Crippen LogP contribution in [-0.4, -0.2) is 11.7 Å². The fourth-order valence-electron chi connectivity index (χ4n) is 1.68. The van der Waals surface area contributed by atoms with Gasteiger partial charge >= 0.3 is 0 Å². The number of hydrogen-bond donors (Lipinski definition) is 2. The largest absolute Gasteiger partial charge is 0.489 e. The van der Waals surface area contributed by atoms with Crippen LogP contribution in [0.15, 0.2) is 54.6 Å². The molecule has 0 aliphatic carbocycles. The third-order valence-electron chi connectivity index (χ3n) is 2.73. The maximum Gasteiger partial charge on any atom is 0.120 e. The normalized spacial score (nSPS) is 12.1. The van der Waals surface area contributed by atoms with Crippen molar-refractivity contribution in [2.75, 3.05) is 6.61 Å². The summed E-state index contributed by atoms with van der Waals surface area (Å²) in [6.07, 6.45) is 0. The minimum atomic E-state index is -0.356. The summed E-state index contributed by atoms with van der Waals surface area (Å²) in [4.78, 5) is 0. The third-order valence-corrected chi connectivity index (χ3v) is 2.73. The minimum absolute atomic E-state index is 0.0673. The lowest BCUT2D eigenvalue weighted by molar-refractivity contribution is 0.267. The molecular weight excluding hydrogens is 226 g/mol. The van der Waals surface area contributed by atoms with Crippen LogP contribution in [0, 0.1) is 0 Å². The van der Waals surface area contributed by atoms with Crippen LogP contribution in [0.4, 0.5) is 0 Å². The van der Waals surface area contributed by atoms with Crippen molar-refractivity contribution in [3.05, 3.63) is 65.7 Å². The van der Waals surface area contributed by atoms with Crippen molar-refractivity contribution in [3.8, 4) is 5.75 Å². The van der Waals surface area contributed by atoms with Crippen LogP contribution >= 0.6 is 0 Å². The molecule has 0 radical (unpaired) electrons. The maximum absolute atomic E-state index is 9.02. The van der Waals surface area contributed by atoms with Crippen molar-refractivity contribution in [1.29, 1.82) is 0 Å². The van der Waals surface area contributed by atoms with Gasteiger partial charge in [-0.25, -0.2) is 0 Å². The van der Waals surface area contributed by atoms with E-state index in [1.54, 1.807) is 0 Å². The van der Waals surface area contributed by atoms with Crippen LogP contribution in [0.5, 0.6) is 5.75 Å². The molecule has 18 heavy (non-hydrogen) atoms. The number of nitrogens with two attached hydrogens (primary N) is 1. The molecule has 0 saturated carbocycles. The highest BCUT2D eigenvalue weighted by Gasteiger charge is 2.05. The highest BCUT2D eigenvalue weighted by Crippen LogP contribution is 2.18. The van der Waals surface area contributed by atoms with Gasteiger partial charge < -0.3 is 15.6 Å². The molecule has 0 aromatic heterocycles. The molecule has 0 spiro atoms. The average molecular weight is 243 g/mol. The minimum Gasteiger partial charge on any atom is -0.489 e. The summed E-state index contributed by atoms with van der Waals surface area (Å²) in [5, 5.41) is 9.02. The first-order valence-electron chi connectivity index (χ1n) is 5.92. The number of benzene rings is 2. The van der Waals surface area contributed by atoms with Crippen LogP contribution in [0.25, 0.3) is 0 Å². The van der Waals surface area contributed by atoms with Crippen LogP contribution in [0.2, 0.25) is 0 Å². The van der Waals surface area contributed by atoms with Crippen molar-refractivity contribution in [1.82, 2.24) is 0 Å². The Hall–Kier alpha value is -1.84. The molecule has 0 unspecified atom stereocenters. The van der Waals surface area contributed by atoms with E-state index in [2.05, 4.69) is 0 Å². The number of ether oxygens (including phenoxy) is 1. The topological polar surface area (TPSA) is 55.5 Å². The molecule has 0 aliphatic rings. The van der Waals surface area contributed by atoms with E-state index in [9.17, 15) is 0 Å². The molecule has 94 valence electrons. The lowest BCUT2D eigenvalue weighted by atomic mass is 10.1. The van der Waals surface area contributed by atoms with E-state index >= 15 is 0 Å². The molecule has 1 atom stereocenters. The van der Waals surface area contributed by atoms with Gasteiger partial charge in [-0.2, -0.15) is 0 Å². The summed E-state index contributed by atoms with van der Waals surface area (Å²) in [6.45, 7) is 0.459. The van der Waals surface area contributed by atoms with E-state index in [4.69, 9.17) is 15.6 Å². The Labute approximate surface area is 107 Å². The zero-order valence-electron chi connectivity index (χ0n) is 10.1. The summed E-state index contributed by atoms with van der Waals surface area (Å²) < 4.78 is 5.69. The molecule has 0 fully saturated rings. The lowest BCUT2D eigenvalue weighted by Gasteiger charge is -2.11. The first kappa shape index (κ1) is 12.6. The number of aliphatic hydroxyl groups excluding tert-OH is 1. The fraction of sp³-hybridized carbons (Fsp3) is 0.200. The zero-order chi connectivity index (χ0) is 12.8. The first-order chi connectivity index (χ1) is 8.79. The Morgan fingerprint density at radius 3 is 2.56 bits per heavy atom. The zero-order valence-corrected chi connectivity index (χ0v) is 10.1. The van der Waals surface area contributed by atoms with Gasteiger partial charge in [0.2, 0.25) is 0 Å². The SMILES string of the molecule is N[C@@H](CO)c1cccc(OCc2ccccc2)c1. The molecule has 2 rings (SSSR count). The summed E-state index contributed by atoms with van der Waals surface area (Å²) in [5.74, 6) is 0.764. The highest BCUT2D eigenvalue weighted by atomic mass is 16.5. The number of hydrogen-bond acceptors (Lipinski definition) is 3. The molecule has 0 heterocycles. The van der Waals surface area contributed by atoms with Gasteiger partial charge in [0.25, 0.3) is 0 Å². The van der Waals surface area contributed by atoms with Gasteiger partial charge in [0, 0.05) is 0 Å². The van der Waals surface area contributed by atoms with Crippen molar-refractivity contribution in [3.63, 3.8) is 0 Å². The molecular formula is C15H17NO2. The van der Waals surface area contributed by atoms with Crippen LogP contribution in [-0.2, 0) is 6.61 Å². The molecule has 2 aromatic rings. The molecule has 0 amide bonds. The second-order valence-electron chi connectivity index (χ2n) is 4.14. The van der Waals surface area contributed by atoms with E-state index in [1.807, 2.05) is 54.6 Å². The highest BCUT2D eigenvalue weighted by molar-refractivity contribution is 5.30. The van der Waals surface area contributed by atoms with Crippen molar-refractivity contribution in [2.45, 2.75) is 12.6 Å². The Kier molecular flexibility index (Phi) is 4.34. The summed E-state index contributed by atoms with van der Waals surface area (Å²) in [5.41, 5.74) is 7.76. The Morgan fingerprint density at radius 1 is 1.06 bits per heavy atom. The van der Waals surface area contributed by atoms with E-state index < -0.39 is 0 Å². The maximum atomic E-state index is 9.02. The second kappa shape index (κ2) is 6.19. The van der Waals surface area contributed by atoms with E-state index in [0.29, 0.717) is 6.61 Å². The van der Waals surface area contributed by atoms with Crippen molar-refractivity contribution < 1.29 is 9.84 Å². The predicted molar refractivity (Wildman–Crippen MR) is 71.2 cm³/mol. The van der Waals surface area contributed by atoms with E-state index in [0.717, 1.165) is 16.9 Å². The van der Waals surface area contributed by atoms with Crippen LogP contribution < -0.4 is 10.5 Å². The standard InChI is InChI=1S/C15H17NO2/c16-15(10-17)13-7-4-8-14(9-13)18-11-12-5-2-1-3-6-12/h1-9,15,17H,10-11,16H2/t15-/m0/s1. The van der Waals surface area contributed by atoms with Crippen molar-refractivity contribution >= 4 is 0 Å². The monoisotopic (exact) mass is 243 g/mol. The Morgan fingerprint density at radius 2 is 1.83 bits per heavy atom. The quantitative estimate of drug-likeness (QED) is 0.847. The van der Waals surface area contributed by atoms with Gasteiger partial charge in [-0.15, -0.1) is 0 Å².